The lowest BCUT2D eigenvalue weighted by atomic mass is 9.98. The van der Waals surface area contributed by atoms with Crippen molar-refractivity contribution in [3.8, 4) is 11.5 Å². The van der Waals surface area contributed by atoms with Gasteiger partial charge >= 0.3 is 23.9 Å². The maximum Gasteiger partial charge on any atom is 0.314 e. The van der Waals surface area contributed by atoms with E-state index in [2.05, 4.69) is 0 Å². The summed E-state index contributed by atoms with van der Waals surface area (Å²) in [5, 5.41) is 38.5. The van der Waals surface area contributed by atoms with E-state index in [1.165, 1.54) is 48.5 Å². The number of nitro benzene ring substituents is 2. The first kappa shape index (κ1) is 54.9. The number of carbonyl (C=O) groups excluding carboxylic acids is 3. The maximum atomic E-state index is 12.5. The molecule has 0 aliphatic rings. The Morgan fingerprint density at radius 2 is 0.984 bits per heavy atom. The summed E-state index contributed by atoms with van der Waals surface area (Å²) in [7, 11) is 0. The average molecular weight is 892 g/mol. The molecular formula is C42H52Cl2N4O13. The Kier molecular flexibility index (Phi) is 28.5. The Balaban J connectivity index is 0.000000973. The highest BCUT2D eigenvalue weighted by molar-refractivity contribution is 5.85. The van der Waals surface area contributed by atoms with E-state index in [-0.39, 0.29) is 73.7 Å². The number of non-ortho nitro benzene ring substituents is 2. The summed E-state index contributed by atoms with van der Waals surface area (Å²) >= 11 is 0. The van der Waals surface area contributed by atoms with Gasteiger partial charge in [0.25, 0.3) is 11.4 Å². The van der Waals surface area contributed by atoms with E-state index in [9.17, 15) is 39.4 Å². The van der Waals surface area contributed by atoms with Gasteiger partial charge in [0.05, 0.1) is 34.5 Å². The van der Waals surface area contributed by atoms with Crippen LogP contribution in [0.2, 0.25) is 0 Å². The average Bonchev–Trinajstić information content (AvgIpc) is 3.23. The van der Waals surface area contributed by atoms with Gasteiger partial charge in [0.2, 0.25) is 0 Å². The van der Waals surface area contributed by atoms with Gasteiger partial charge in [0.1, 0.15) is 24.7 Å². The molecule has 61 heavy (non-hydrogen) atoms. The summed E-state index contributed by atoms with van der Waals surface area (Å²) in [5.74, 6) is -3.66. The molecule has 0 spiro atoms. The normalized spacial score (nSPS) is 10.9. The van der Waals surface area contributed by atoms with Crippen molar-refractivity contribution in [2.75, 3.05) is 13.1 Å². The van der Waals surface area contributed by atoms with E-state index in [0.29, 0.717) is 38.8 Å². The summed E-state index contributed by atoms with van der Waals surface area (Å²) in [6, 6.07) is 28.8. The van der Waals surface area contributed by atoms with Gasteiger partial charge in [-0.3, -0.25) is 39.4 Å². The molecule has 0 bridgehead atoms. The number of benzene rings is 4. The van der Waals surface area contributed by atoms with Crippen LogP contribution < -0.4 is 16.2 Å². The Hall–Kier alpha value is -6.14. The lowest BCUT2D eigenvalue weighted by Crippen LogP contribution is -2.24. The SMILES string of the molecule is Cl.Cl.NCCCCC(CC(=O)OCc1ccccc1)C(=O)O.NCCCCC(CC(=O)OCc1ccccc1)C(=O)Oc1ccc([N+](=O)[O-])cc1.O=[N+]([O-])c1ccc(O)cc1. The third kappa shape index (κ3) is 23.9. The number of aromatic hydroxyl groups is 1. The van der Waals surface area contributed by atoms with Gasteiger partial charge in [-0.2, -0.15) is 0 Å². The number of carboxylic acid groups (broad SMARTS) is 1. The van der Waals surface area contributed by atoms with Crippen LogP contribution in [0.15, 0.2) is 109 Å². The lowest BCUT2D eigenvalue weighted by molar-refractivity contribution is -0.385. The molecule has 0 aliphatic carbocycles. The number of rotatable bonds is 21. The van der Waals surface area contributed by atoms with Gasteiger partial charge in [-0.15, -0.1) is 24.8 Å². The van der Waals surface area contributed by atoms with Crippen LogP contribution in [0.1, 0.15) is 62.5 Å². The van der Waals surface area contributed by atoms with Gasteiger partial charge in [-0.05, 0) is 74.2 Å². The van der Waals surface area contributed by atoms with Crippen molar-refractivity contribution in [3.63, 3.8) is 0 Å². The highest BCUT2D eigenvalue weighted by Gasteiger charge is 2.25. The number of ether oxygens (including phenoxy) is 3. The van der Waals surface area contributed by atoms with E-state index < -0.39 is 45.6 Å². The van der Waals surface area contributed by atoms with Gasteiger partial charge in [-0.25, -0.2) is 0 Å². The minimum Gasteiger partial charge on any atom is -0.508 e. The number of nitrogens with zero attached hydrogens (tertiary/aromatic N) is 2. The third-order valence-corrected chi connectivity index (χ3v) is 8.33. The number of nitro groups is 2. The van der Waals surface area contributed by atoms with Gasteiger partial charge in [0, 0.05) is 24.3 Å². The van der Waals surface area contributed by atoms with E-state index in [1.807, 2.05) is 60.7 Å². The molecule has 0 saturated carbocycles. The molecule has 17 nitrogen and oxygen atoms in total. The number of hydrogen-bond donors (Lipinski definition) is 4. The number of aliphatic carboxylic acids is 1. The second-order valence-electron chi connectivity index (χ2n) is 12.9. The van der Waals surface area contributed by atoms with E-state index in [4.69, 9.17) is 35.9 Å². The van der Waals surface area contributed by atoms with Crippen molar-refractivity contribution in [3.05, 3.63) is 141 Å². The van der Waals surface area contributed by atoms with Crippen LogP contribution >= 0.6 is 24.8 Å². The number of carboxylic acids is 1. The lowest BCUT2D eigenvalue weighted by Gasteiger charge is -2.15. The van der Waals surface area contributed by atoms with Gasteiger partial charge in [0.15, 0.2) is 0 Å². The molecule has 19 heteroatoms. The van der Waals surface area contributed by atoms with Crippen molar-refractivity contribution in [2.45, 2.75) is 64.6 Å². The summed E-state index contributed by atoms with van der Waals surface area (Å²) in [6.45, 7) is 1.33. The molecule has 4 aromatic rings. The predicted molar refractivity (Wildman–Crippen MR) is 230 cm³/mol. The molecule has 6 N–H and O–H groups in total. The molecule has 0 fully saturated rings. The van der Waals surface area contributed by atoms with Crippen LogP contribution in [0.4, 0.5) is 11.4 Å². The monoisotopic (exact) mass is 890 g/mol. The minimum atomic E-state index is -0.960. The molecule has 0 heterocycles. The summed E-state index contributed by atoms with van der Waals surface area (Å²) in [5.41, 5.74) is 12.5. The summed E-state index contributed by atoms with van der Waals surface area (Å²) in [6.07, 6.45) is 3.55. The predicted octanol–water partition coefficient (Wildman–Crippen LogP) is 7.47. The van der Waals surface area contributed by atoms with Crippen molar-refractivity contribution < 1.29 is 53.4 Å². The van der Waals surface area contributed by atoms with Crippen molar-refractivity contribution in [2.24, 2.45) is 23.3 Å². The minimum absolute atomic E-state index is 0. The molecule has 332 valence electrons. The van der Waals surface area contributed by atoms with Crippen LogP contribution in [-0.4, -0.2) is 57.0 Å². The van der Waals surface area contributed by atoms with E-state index in [1.54, 1.807) is 0 Å². The molecule has 2 atom stereocenters. The number of hydrogen-bond acceptors (Lipinski definition) is 14. The molecule has 4 rings (SSSR count). The largest absolute Gasteiger partial charge is 0.508 e. The van der Waals surface area contributed by atoms with Crippen LogP contribution in [0.5, 0.6) is 11.5 Å². The number of esters is 3. The Morgan fingerprint density at radius 1 is 0.590 bits per heavy atom. The Morgan fingerprint density at radius 3 is 1.38 bits per heavy atom. The van der Waals surface area contributed by atoms with Crippen molar-refractivity contribution in [1.82, 2.24) is 0 Å². The van der Waals surface area contributed by atoms with Crippen LogP contribution in [-0.2, 0) is 41.9 Å². The third-order valence-electron chi connectivity index (χ3n) is 8.33. The quantitative estimate of drug-likeness (QED) is 0.0208. The molecule has 0 saturated heterocycles. The second-order valence-corrected chi connectivity index (χ2v) is 12.9. The molecule has 0 aliphatic heterocycles. The highest BCUT2D eigenvalue weighted by Crippen LogP contribution is 2.22. The molecule has 0 radical (unpaired) electrons. The fourth-order valence-corrected chi connectivity index (χ4v) is 5.09. The highest BCUT2D eigenvalue weighted by atomic mass is 35.5. The first-order valence-electron chi connectivity index (χ1n) is 18.7. The van der Waals surface area contributed by atoms with Gasteiger partial charge < -0.3 is 35.9 Å². The molecule has 0 amide bonds. The van der Waals surface area contributed by atoms with E-state index >= 15 is 0 Å². The maximum absolute atomic E-state index is 12.5. The standard InChI is InChI=1S/C21H24N2O6.C15H21NO4.C6H5NO3.2ClH/c22-13-5-4-8-17(14-20(24)28-15-16-6-2-1-3-7-16)21(25)29-19-11-9-18(10-12-19)23(26)27;16-9-5-4-8-13(15(18)19)10-14(17)20-11-12-6-2-1-3-7-12;8-6-3-1-5(2-4-6)7(9)10;;/h1-3,6-7,9-12,17H,4-5,8,13-15,22H2;1-3,6-7,13H,4-5,8-11,16H2,(H,18,19);1-4,8H;2*1H. The molecule has 2 unspecified atom stereocenters. The van der Waals surface area contributed by atoms with Crippen molar-refractivity contribution >= 4 is 60.1 Å². The van der Waals surface area contributed by atoms with Crippen LogP contribution in [0, 0.1) is 32.1 Å². The fraction of sp³-hybridized carbons (Fsp3) is 0.333. The fourth-order valence-electron chi connectivity index (χ4n) is 5.09. The number of nitrogens with two attached hydrogens (primary N) is 2. The topological polar surface area (TPSA) is 275 Å². The van der Waals surface area contributed by atoms with E-state index in [0.717, 1.165) is 24.0 Å². The number of carbonyl (C=O) groups is 4. The Bertz CT molecular complexity index is 1890. The number of phenols is 1. The molecule has 4 aromatic carbocycles. The number of phenolic OH excluding ortho intramolecular Hbond substituents is 1. The number of unbranched alkanes of at least 4 members (excludes halogenated alkanes) is 2. The second kappa shape index (κ2) is 31.7. The summed E-state index contributed by atoms with van der Waals surface area (Å²) < 4.78 is 15.7. The Labute approximate surface area is 365 Å². The zero-order valence-electron chi connectivity index (χ0n) is 33.3. The summed E-state index contributed by atoms with van der Waals surface area (Å²) in [4.78, 5) is 67.2. The molecular weight excluding hydrogens is 839 g/mol. The first-order valence-corrected chi connectivity index (χ1v) is 18.7. The van der Waals surface area contributed by atoms with Crippen LogP contribution in [0.3, 0.4) is 0 Å². The molecule has 0 aromatic heterocycles. The van der Waals surface area contributed by atoms with Crippen molar-refractivity contribution in [1.29, 1.82) is 0 Å². The number of halogens is 2. The smallest absolute Gasteiger partial charge is 0.314 e. The first-order chi connectivity index (χ1) is 28.3. The van der Waals surface area contributed by atoms with Gasteiger partial charge in [-0.1, -0.05) is 73.5 Å². The zero-order valence-corrected chi connectivity index (χ0v) is 34.9. The van der Waals surface area contributed by atoms with Crippen LogP contribution in [0.25, 0.3) is 0 Å². The zero-order chi connectivity index (χ0) is 43.4.